The van der Waals surface area contributed by atoms with Gasteiger partial charge in [0, 0.05) is 45.8 Å². The normalized spacial score (nSPS) is 20.9. The molecule has 2 aromatic rings. The van der Waals surface area contributed by atoms with Gasteiger partial charge in [-0.25, -0.2) is 9.18 Å². The molecule has 0 aliphatic carbocycles. The van der Waals surface area contributed by atoms with Gasteiger partial charge in [-0.3, -0.25) is 9.59 Å². The number of nitrogens with one attached hydrogen (secondary N) is 2. The van der Waals surface area contributed by atoms with Crippen molar-refractivity contribution in [3.8, 4) is 5.75 Å². The Balaban J connectivity index is 1.89. The Morgan fingerprint density at radius 3 is 2.50 bits per heavy atom. The lowest BCUT2D eigenvalue weighted by Gasteiger charge is -2.35. The molecule has 0 aromatic heterocycles. The third-order valence-corrected chi connectivity index (χ3v) is 6.23. The van der Waals surface area contributed by atoms with Gasteiger partial charge in [0.2, 0.25) is 5.91 Å². The van der Waals surface area contributed by atoms with Gasteiger partial charge in [-0.15, -0.1) is 0 Å². The Morgan fingerprint density at radius 1 is 1.11 bits per heavy atom. The highest BCUT2D eigenvalue weighted by Crippen LogP contribution is 2.27. The number of amides is 4. The molecule has 3 rings (SSSR count). The second-order valence-corrected chi connectivity index (χ2v) is 9.04. The number of methoxy groups -OCH3 is 1. The van der Waals surface area contributed by atoms with Gasteiger partial charge in [0.05, 0.1) is 23.4 Å². The smallest absolute Gasteiger partial charge is 0.323 e. The number of fused-ring (bicyclic) bond motifs is 1. The first-order valence-electron chi connectivity index (χ1n) is 11.8. The molecular formula is C26H33FN4O5. The highest BCUT2D eigenvalue weighted by molar-refractivity contribution is 6.02. The number of nitrogens with zero attached hydrogens (tertiary/aromatic N) is 2. The first-order chi connectivity index (χ1) is 17.1. The maximum absolute atomic E-state index is 13.9. The van der Waals surface area contributed by atoms with E-state index in [4.69, 9.17) is 9.47 Å². The number of carbonyl (C=O) groups excluding carboxylic acids is 3. The van der Waals surface area contributed by atoms with E-state index >= 15 is 0 Å². The zero-order valence-electron chi connectivity index (χ0n) is 21.2. The molecule has 0 bridgehead atoms. The van der Waals surface area contributed by atoms with E-state index in [2.05, 4.69) is 10.6 Å². The Morgan fingerprint density at radius 2 is 1.83 bits per heavy atom. The van der Waals surface area contributed by atoms with Gasteiger partial charge in [0.15, 0.2) is 0 Å². The molecule has 3 atom stereocenters. The molecule has 1 aliphatic rings. The van der Waals surface area contributed by atoms with Crippen LogP contribution in [0.5, 0.6) is 5.75 Å². The average Bonchev–Trinajstić information content (AvgIpc) is 2.84. The zero-order valence-corrected chi connectivity index (χ0v) is 21.2. The van der Waals surface area contributed by atoms with Crippen LogP contribution < -0.4 is 15.4 Å². The van der Waals surface area contributed by atoms with Gasteiger partial charge in [0.25, 0.3) is 5.91 Å². The van der Waals surface area contributed by atoms with Crippen LogP contribution in [0.3, 0.4) is 0 Å². The fraction of sp³-hybridized carbons (Fsp3) is 0.423. The van der Waals surface area contributed by atoms with Gasteiger partial charge < -0.3 is 29.9 Å². The summed E-state index contributed by atoms with van der Waals surface area (Å²) in [6.07, 6.45) is -0.301. The molecule has 0 fully saturated rings. The van der Waals surface area contributed by atoms with Crippen LogP contribution >= 0.6 is 0 Å². The number of para-hydroxylation sites is 1. The minimum Gasteiger partial charge on any atom is -0.491 e. The van der Waals surface area contributed by atoms with Crippen LogP contribution in [0.1, 0.15) is 31.1 Å². The fourth-order valence-corrected chi connectivity index (χ4v) is 4.14. The van der Waals surface area contributed by atoms with Crippen molar-refractivity contribution in [3.05, 3.63) is 53.8 Å². The lowest BCUT2D eigenvalue weighted by Crippen LogP contribution is -2.48. The summed E-state index contributed by atoms with van der Waals surface area (Å²) in [6, 6.07) is 9.61. The average molecular weight is 501 g/mol. The van der Waals surface area contributed by atoms with Crippen molar-refractivity contribution in [1.29, 1.82) is 0 Å². The third-order valence-electron chi connectivity index (χ3n) is 6.23. The molecule has 2 aromatic carbocycles. The molecule has 0 radical (unpaired) electrons. The van der Waals surface area contributed by atoms with Crippen molar-refractivity contribution in [2.75, 3.05) is 44.5 Å². The van der Waals surface area contributed by atoms with Crippen LogP contribution in [0.4, 0.5) is 20.6 Å². The number of anilines is 2. The number of hydrogen-bond acceptors (Lipinski definition) is 5. The van der Waals surface area contributed by atoms with Crippen molar-refractivity contribution in [2.24, 2.45) is 5.92 Å². The molecule has 1 heterocycles. The molecule has 2 N–H and O–H groups in total. The highest BCUT2D eigenvalue weighted by atomic mass is 19.1. The fourth-order valence-electron chi connectivity index (χ4n) is 4.14. The van der Waals surface area contributed by atoms with E-state index in [1.807, 2.05) is 13.8 Å². The van der Waals surface area contributed by atoms with Crippen LogP contribution in [-0.4, -0.2) is 73.6 Å². The predicted octanol–water partition coefficient (Wildman–Crippen LogP) is 3.82. The van der Waals surface area contributed by atoms with Crippen LogP contribution in [0, 0.1) is 11.7 Å². The van der Waals surface area contributed by atoms with Gasteiger partial charge >= 0.3 is 6.03 Å². The summed E-state index contributed by atoms with van der Waals surface area (Å²) in [5.74, 6) is -0.662. The second-order valence-electron chi connectivity index (χ2n) is 9.04. The van der Waals surface area contributed by atoms with Gasteiger partial charge in [-0.2, -0.15) is 0 Å². The summed E-state index contributed by atoms with van der Waals surface area (Å²) in [4.78, 5) is 41.4. The number of hydrogen-bond donors (Lipinski definition) is 2. The van der Waals surface area contributed by atoms with Gasteiger partial charge in [-0.05, 0) is 37.3 Å². The quantitative estimate of drug-likeness (QED) is 0.668. The molecule has 1 aliphatic heterocycles. The van der Waals surface area contributed by atoms with Crippen LogP contribution in [0.2, 0.25) is 0 Å². The van der Waals surface area contributed by atoms with Gasteiger partial charge in [-0.1, -0.05) is 19.1 Å². The lowest BCUT2D eigenvalue weighted by molar-refractivity contribution is -0.133. The standard InChI is InChI=1S/C26H33FN4O5/c1-16-13-31(18(3)32)17(2)15-36-23-11-10-19(12-20(23)25(33)30(4)14-24(16)35-5)28-26(34)29-22-9-7-6-8-21(22)27/h6-12,16-17,24H,13-15H2,1-5H3,(H2,28,29,34)/t16-,17+,24-/m0/s1. The van der Waals surface area contributed by atoms with Crippen molar-refractivity contribution in [1.82, 2.24) is 9.80 Å². The van der Waals surface area contributed by atoms with E-state index in [-0.39, 0.29) is 47.7 Å². The minimum atomic E-state index is -0.658. The van der Waals surface area contributed by atoms with Crippen molar-refractivity contribution >= 4 is 29.2 Å². The van der Waals surface area contributed by atoms with Crippen molar-refractivity contribution in [3.63, 3.8) is 0 Å². The molecule has 0 saturated carbocycles. The van der Waals surface area contributed by atoms with Gasteiger partial charge in [0.1, 0.15) is 18.2 Å². The van der Waals surface area contributed by atoms with E-state index in [0.717, 1.165) is 0 Å². The van der Waals surface area contributed by atoms with E-state index in [1.54, 1.807) is 37.3 Å². The first-order valence-corrected chi connectivity index (χ1v) is 11.8. The number of urea groups is 1. The van der Waals surface area contributed by atoms with E-state index in [9.17, 15) is 18.8 Å². The Hall–Kier alpha value is -3.66. The number of rotatable bonds is 3. The molecule has 194 valence electrons. The summed E-state index contributed by atoms with van der Waals surface area (Å²) >= 11 is 0. The number of halogens is 1. The first kappa shape index (κ1) is 26.9. The zero-order chi connectivity index (χ0) is 26.4. The number of carbonyl (C=O) groups is 3. The van der Waals surface area contributed by atoms with E-state index < -0.39 is 11.8 Å². The molecule has 9 nitrogen and oxygen atoms in total. The van der Waals surface area contributed by atoms with E-state index in [1.165, 1.54) is 36.1 Å². The molecule has 0 unspecified atom stereocenters. The summed E-state index contributed by atoms with van der Waals surface area (Å²) in [5, 5.41) is 5.08. The Kier molecular flexibility index (Phi) is 8.87. The van der Waals surface area contributed by atoms with Crippen LogP contribution in [0.15, 0.2) is 42.5 Å². The largest absolute Gasteiger partial charge is 0.491 e. The van der Waals surface area contributed by atoms with Crippen LogP contribution in [0.25, 0.3) is 0 Å². The Bertz CT molecular complexity index is 1110. The summed E-state index contributed by atoms with van der Waals surface area (Å²) in [7, 11) is 3.24. The maximum atomic E-state index is 13.9. The monoisotopic (exact) mass is 500 g/mol. The Labute approximate surface area is 210 Å². The SMILES string of the molecule is CO[C@H]1CN(C)C(=O)c2cc(NC(=O)Nc3ccccc3F)ccc2OC[C@@H](C)N(C(C)=O)C[C@@H]1C. The maximum Gasteiger partial charge on any atom is 0.323 e. The second kappa shape index (κ2) is 11.9. The molecule has 36 heavy (non-hydrogen) atoms. The molecular weight excluding hydrogens is 467 g/mol. The summed E-state index contributed by atoms with van der Waals surface area (Å²) < 4.78 is 25.5. The molecule has 0 spiro atoms. The molecule has 4 amide bonds. The highest BCUT2D eigenvalue weighted by Gasteiger charge is 2.29. The summed E-state index contributed by atoms with van der Waals surface area (Å²) in [5.41, 5.74) is 0.602. The van der Waals surface area contributed by atoms with Crippen LogP contribution in [-0.2, 0) is 9.53 Å². The molecule has 10 heteroatoms. The summed E-state index contributed by atoms with van der Waals surface area (Å²) in [6.45, 7) is 6.32. The van der Waals surface area contributed by atoms with E-state index in [0.29, 0.717) is 24.5 Å². The third kappa shape index (κ3) is 6.51. The van der Waals surface area contributed by atoms with Crippen molar-refractivity contribution < 1.29 is 28.2 Å². The lowest BCUT2D eigenvalue weighted by atomic mass is 10.0. The number of likely N-dealkylation sites (N-methyl/N-ethyl adjacent to an activating group) is 1. The number of ether oxygens (including phenoxy) is 2. The van der Waals surface area contributed by atoms with Crippen molar-refractivity contribution in [2.45, 2.75) is 32.9 Å². The molecule has 0 saturated heterocycles. The topological polar surface area (TPSA) is 100 Å². The predicted molar refractivity (Wildman–Crippen MR) is 135 cm³/mol. The number of benzene rings is 2. The minimum absolute atomic E-state index is 0.0317.